The molecule has 0 aromatic rings. The van der Waals surface area contributed by atoms with Gasteiger partial charge in [-0.3, -0.25) is 11.3 Å². The van der Waals surface area contributed by atoms with E-state index in [1.807, 2.05) is 0 Å². The lowest BCUT2D eigenvalue weighted by Gasteiger charge is -2.30. The summed E-state index contributed by atoms with van der Waals surface area (Å²) in [7, 11) is 0. The summed E-state index contributed by atoms with van der Waals surface area (Å²) in [5.41, 5.74) is 3.36. The normalized spacial score (nSPS) is 39.0. The van der Waals surface area contributed by atoms with Crippen LogP contribution in [-0.2, 0) is 0 Å². The molecule has 82 valence electrons. The fourth-order valence-electron chi connectivity index (χ4n) is 3.48. The average Bonchev–Trinajstić information content (AvgIpc) is 2.79. The Kier molecular flexibility index (Phi) is 2.61. The Morgan fingerprint density at radius 3 is 2.00 bits per heavy atom. The molecule has 0 spiro atoms. The number of hydrazine groups is 1. The van der Waals surface area contributed by atoms with Crippen molar-refractivity contribution in [2.45, 2.75) is 52.5 Å². The first-order chi connectivity index (χ1) is 6.55. The fraction of sp³-hybridized carbons (Fsp3) is 1.00. The lowest BCUT2D eigenvalue weighted by Crippen LogP contribution is -2.46. The Labute approximate surface area is 87.6 Å². The third-order valence-electron chi connectivity index (χ3n) is 4.22. The van der Waals surface area contributed by atoms with Gasteiger partial charge in [0.1, 0.15) is 0 Å². The van der Waals surface area contributed by atoms with Crippen molar-refractivity contribution < 1.29 is 0 Å². The largest absolute Gasteiger partial charge is 0.271 e. The van der Waals surface area contributed by atoms with Gasteiger partial charge in [-0.05, 0) is 36.0 Å². The molecule has 0 aromatic heterocycles. The van der Waals surface area contributed by atoms with Crippen LogP contribution in [0.5, 0.6) is 0 Å². The Balaban J connectivity index is 2.01. The highest BCUT2D eigenvalue weighted by atomic mass is 15.2. The van der Waals surface area contributed by atoms with E-state index in [1.165, 1.54) is 25.7 Å². The minimum absolute atomic E-state index is 0.302. The molecule has 2 nitrogen and oxygen atoms in total. The van der Waals surface area contributed by atoms with Crippen molar-refractivity contribution in [1.82, 2.24) is 5.43 Å². The Morgan fingerprint density at radius 1 is 1.14 bits per heavy atom. The highest BCUT2D eigenvalue weighted by Gasteiger charge is 2.56. The molecule has 0 amide bonds. The minimum Gasteiger partial charge on any atom is -0.271 e. The van der Waals surface area contributed by atoms with Crippen molar-refractivity contribution in [2.75, 3.05) is 0 Å². The van der Waals surface area contributed by atoms with Gasteiger partial charge in [0.15, 0.2) is 0 Å². The van der Waals surface area contributed by atoms with Crippen LogP contribution in [0.25, 0.3) is 0 Å². The van der Waals surface area contributed by atoms with Gasteiger partial charge >= 0.3 is 0 Å². The summed E-state index contributed by atoms with van der Waals surface area (Å²) in [4.78, 5) is 0. The summed E-state index contributed by atoms with van der Waals surface area (Å²) in [6.45, 7) is 6.88. The van der Waals surface area contributed by atoms with Gasteiger partial charge in [0.05, 0.1) is 0 Å². The SMILES string of the molecule is CC(C)(C)C(NN)C1C2CCCCC21. The average molecular weight is 196 g/mol. The van der Waals surface area contributed by atoms with Gasteiger partial charge in [-0.25, -0.2) is 0 Å². The first-order valence-corrected chi connectivity index (χ1v) is 6.02. The highest BCUT2D eigenvalue weighted by Crippen LogP contribution is 2.59. The third-order valence-corrected chi connectivity index (χ3v) is 4.22. The maximum atomic E-state index is 5.70. The molecule has 2 aliphatic rings. The third kappa shape index (κ3) is 1.70. The molecule has 2 aliphatic carbocycles. The quantitative estimate of drug-likeness (QED) is 0.525. The standard InChI is InChI=1S/C12H24N2/c1-12(2,3)11(14-13)10-8-6-4-5-7-9(8)10/h8-11,14H,4-7,13H2,1-3H3. The molecule has 2 heteroatoms. The van der Waals surface area contributed by atoms with Crippen LogP contribution in [0.3, 0.4) is 0 Å². The van der Waals surface area contributed by atoms with E-state index in [4.69, 9.17) is 5.84 Å². The minimum atomic E-state index is 0.302. The number of rotatable bonds is 2. The number of hydrogen-bond donors (Lipinski definition) is 2. The summed E-state index contributed by atoms with van der Waals surface area (Å²) in [5.74, 6) is 8.55. The number of fused-ring (bicyclic) bond motifs is 1. The van der Waals surface area contributed by atoms with Crippen molar-refractivity contribution >= 4 is 0 Å². The zero-order valence-electron chi connectivity index (χ0n) is 9.72. The number of hydrogen-bond acceptors (Lipinski definition) is 2. The molecule has 0 radical (unpaired) electrons. The van der Waals surface area contributed by atoms with Gasteiger partial charge < -0.3 is 0 Å². The Morgan fingerprint density at radius 2 is 1.64 bits per heavy atom. The van der Waals surface area contributed by atoms with Crippen LogP contribution < -0.4 is 11.3 Å². The van der Waals surface area contributed by atoms with E-state index < -0.39 is 0 Å². The molecule has 2 rings (SSSR count). The summed E-state index contributed by atoms with van der Waals surface area (Å²) >= 11 is 0. The van der Waals surface area contributed by atoms with E-state index in [0.717, 1.165) is 17.8 Å². The molecular formula is C12H24N2. The lowest BCUT2D eigenvalue weighted by molar-refractivity contribution is 0.230. The van der Waals surface area contributed by atoms with E-state index in [0.29, 0.717) is 11.5 Å². The molecule has 2 saturated carbocycles. The van der Waals surface area contributed by atoms with Gasteiger partial charge in [-0.2, -0.15) is 0 Å². The van der Waals surface area contributed by atoms with Crippen LogP contribution >= 0.6 is 0 Å². The zero-order chi connectivity index (χ0) is 10.3. The Bertz CT molecular complexity index is 195. The van der Waals surface area contributed by atoms with Gasteiger partial charge in [-0.1, -0.05) is 33.6 Å². The topological polar surface area (TPSA) is 38.0 Å². The molecule has 3 unspecified atom stereocenters. The molecule has 0 bridgehead atoms. The van der Waals surface area contributed by atoms with Crippen molar-refractivity contribution in [3.05, 3.63) is 0 Å². The molecule has 3 atom stereocenters. The summed E-state index contributed by atoms with van der Waals surface area (Å²) < 4.78 is 0. The monoisotopic (exact) mass is 196 g/mol. The highest BCUT2D eigenvalue weighted by molar-refractivity contribution is 5.06. The van der Waals surface area contributed by atoms with Crippen molar-refractivity contribution in [3.63, 3.8) is 0 Å². The van der Waals surface area contributed by atoms with Crippen LogP contribution in [0, 0.1) is 23.2 Å². The zero-order valence-corrected chi connectivity index (χ0v) is 9.72. The van der Waals surface area contributed by atoms with E-state index >= 15 is 0 Å². The first-order valence-electron chi connectivity index (χ1n) is 6.02. The second-order valence-electron chi connectivity index (χ2n) is 6.20. The van der Waals surface area contributed by atoms with Crippen LogP contribution in [0.2, 0.25) is 0 Å². The smallest absolute Gasteiger partial charge is 0.0292 e. The second-order valence-corrected chi connectivity index (χ2v) is 6.20. The van der Waals surface area contributed by atoms with Crippen molar-refractivity contribution in [3.8, 4) is 0 Å². The van der Waals surface area contributed by atoms with E-state index in [2.05, 4.69) is 26.2 Å². The van der Waals surface area contributed by atoms with Crippen LogP contribution in [-0.4, -0.2) is 6.04 Å². The van der Waals surface area contributed by atoms with Crippen LogP contribution in [0.1, 0.15) is 46.5 Å². The molecule has 0 aliphatic heterocycles. The van der Waals surface area contributed by atoms with E-state index in [1.54, 1.807) is 0 Å². The lowest BCUT2D eigenvalue weighted by atomic mass is 9.83. The van der Waals surface area contributed by atoms with Crippen molar-refractivity contribution in [1.29, 1.82) is 0 Å². The van der Waals surface area contributed by atoms with E-state index in [9.17, 15) is 0 Å². The maximum absolute atomic E-state index is 5.70. The molecular weight excluding hydrogens is 172 g/mol. The number of nitrogens with two attached hydrogens (primary N) is 1. The molecule has 2 fully saturated rings. The molecule has 0 aromatic carbocycles. The second kappa shape index (κ2) is 3.49. The van der Waals surface area contributed by atoms with Gasteiger partial charge in [0.2, 0.25) is 0 Å². The number of nitrogens with one attached hydrogen (secondary N) is 1. The Hall–Kier alpha value is -0.0800. The molecule has 14 heavy (non-hydrogen) atoms. The molecule has 3 N–H and O–H groups in total. The van der Waals surface area contributed by atoms with Crippen molar-refractivity contribution in [2.24, 2.45) is 29.0 Å². The predicted octanol–water partition coefficient (Wildman–Crippen LogP) is 2.30. The first kappa shape index (κ1) is 10.4. The molecule has 0 saturated heterocycles. The van der Waals surface area contributed by atoms with Crippen LogP contribution in [0.4, 0.5) is 0 Å². The van der Waals surface area contributed by atoms with Gasteiger partial charge in [0.25, 0.3) is 0 Å². The van der Waals surface area contributed by atoms with Crippen LogP contribution in [0.15, 0.2) is 0 Å². The summed E-state index contributed by atoms with van der Waals surface area (Å²) in [6, 6.07) is 0.510. The summed E-state index contributed by atoms with van der Waals surface area (Å²) in [6.07, 6.45) is 5.78. The maximum Gasteiger partial charge on any atom is 0.0292 e. The van der Waals surface area contributed by atoms with Gasteiger partial charge in [-0.15, -0.1) is 0 Å². The fourth-order valence-corrected chi connectivity index (χ4v) is 3.48. The van der Waals surface area contributed by atoms with E-state index in [-0.39, 0.29) is 0 Å². The van der Waals surface area contributed by atoms with Gasteiger partial charge in [0, 0.05) is 6.04 Å². The predicted molar refractivity (Wildman–Crippen MR) is 59.5 cm³/mol. The summed E-state index contributed by atoms with van der Waals surface area (Å²) in [5, 5.41) is 0. The molecule has 0 heterocycles.